The molecule has 1 spiro atoms. The number of ether oxygens (including phenoxy) is 1. The Labute approximate surface area is 164 Å². The van der Waals surface area contributed by atoms with Gasteiger partial charge < -0.3 is 14.7 Å². The number of anilines is 1. The zero-order valence-corrected chi connectivity index (χ0v) is 15.8. The molecule has 1 N–H and O–H groups in total. The number of halogens is 1. The van der Waals surface area contributed by atoms with E-state index in [9.17, 15) is 14.3 Å². The average molecular weight is 384 g/mol. The first-order valence-corrected chi connectivity index (χ1v) is 9.73. The van der Waals surface area contributed by atoms with Crippen molar-refractivity contribution in [3.05, 3.63) is 59.9 Å². The Hall–Kier alpha value is -2.44. The zero-order chi connectivity index (χ0) is 19.6. The van der Waals surface area contributed by atoms with Gasteiger partial charge in [-0.2, -0.15) is 0 Å². The minimum Gasteiger partial charge on any atom is -0.508 e. The maximum atomic E-state index is 13.6. The largest absolute Gasteiger partial charge is 0.508 e. The van der Waals surface area contributed by atoms with E-state index in [0.29, 0.717) is 12.2 Å². The van der Waals surface area contributed by atoms with Gasteiger partial charge in [0.2, 0.25) is 0 Å². The van der Waals surface area contributed by atoms with Crippen LogP contribution in [0.1, 0.15) is 24.8 Å². The molecule has 1 atom stereocenters. The molecule has 2 saturated heterocycles. The highest BCUT2D eigenvalue weighted by molar-refractivity contribution is 5.95. The predicted octanol–water partition coefficient (Wildman–Crippen LogP) is 3.32. The molecule has 5 nitrogen and oxygen atoms in total. The number of amides is 1. The van der Waals surface area contributed by atoms with E-state index in [1.807, 2.05) is 12.1 Å². The summed E-state index contributed by atoms with van der Waals surface area (Å²) in [4.78, 5) is 16.4. The van der Waals surface area contributed by atoms with Crippen LogP contribution in [-0.2, 0) is 16.1 Å². The number of aromatic hydroxyl groups is 1. The zero-order valence-electron chi connectivity index (χ0n) is 15.8. The molecular weight excluding hydrogens is 359 g/mol. The van der Waals surface area contributed by atoms with E-state index in [-0.39, 0.29) is 29.7 Å². The van der Waals surface area contributed by atoms with Gasteiger partial charge in [-0.1, -0.05) is 18.2 Å². The molecule has 0 saturated carbocycles. The topological polar surface area (TPSA) is 53.0 Å². The van der Waals surface area contributed by atoms with Crippen molar-refractivity contribution in [2.75, 3.05) is 31.1 Å². The summed E-state index contributed by atoms with van der Waals surface area (Å²) in [7, 11) is 0. The van der Waals surface area contributed by atoms with Crippen molar-refractivity contribution in [1.82, 2.24) is 4.90 Å². The maximum absolute atomic E-state index is 13.6. The lowest BCUT2D eigenvalue weighted by Gasteiger charge is -2.42. The SMILES string of the molecule is O=C1COC2(CCCN(Cc3ccc(O)cc3)CC2)CN1c1cccc(F)c1. The van der Waals surface area contributed by atoms with E-state index in [4.69, 9.17) is 4.74 Å². The minimum absolute atomic E-state index is 0.0362. The van der Waals surface area contributed by atoms with Gasteiger partial charge in [0.05, 0.1) is 12.1 Å². The van der Waals surface area contributed by atoms with Crippen molar-refractivity contribution in [3.63, 3.8) is 0 Å². The van der Waals surface area contributed by atoms with Crippen molar-refractivity contribution >= 4 is 11.6 Å². The van der Waals surface area contributed by atoms with Crippen LogP contribution in [0, 0.1) is 5.82 Å². The van der Waals surface area contributed by atoms with Gasteiger partial charge in [-0.05, 0) is 61.7 Å². The smallest absolute Gasteiger partial charge is 0.253 e. The molecule has 28 heavy (non-hydrogen) atoms. The highest BCUT2D eigenvalue weighted by Crippen LogP contribution is 2.33. The Bertz CT molecular complexity index is 842. The maximum Gasteiger partial charge on any atom is 0.253 e. The van der Waals surface area contributed by atoms with Gasteiger partial charge in [-0.15, -0.1) is 0 Å². The standard InChI is InChI=1S/C22H25FN2O3/c23-18-3-1-4-19(13-18)25-16-22(28-15-21(25)27)9-2-11-24(12-10-22)14-17-5-7-20(26)8-6-17/h1,3-8,13,26H,2,9-12,14-16H2. The van der Waals surface area contributed by atoms with E-state index in [2.05, 4.69) is 4.90 Å². The summed E-state index contributed by atoms with van der Waals surface area (Å²) in [5.74, 6) is -0.190. The second-order valence-electron chi connectivity index (χ2n) is 7.73. The van der Waals surface area contributed by atoms with E-state index < -0.39 is 0 Å². The Morgan fingerprint density at radius 3 is 2.71 bits per heavy atom. The third kappa shape index (κ3) is 4.18. The van der Waals surface area contributed by atoms with Crippen LogP contribution >= 0.6 is 0 Å². The van der Waals surface area contributed by atoms with Gasteiger partial charge >= 0.3 is 0 Å². The van der Waals surface area contributed by atoms with Crippen LogP contribution < -0.4 is 4.90 Å². The van der Waals surface area contributed by atoms with Crippen molar-refractivity contribution < 1.29 is 19.0 Å². The van der Waals surface area contributed by atoms with Gasteiger partial charge in [-0.3, -0.25) is 9.69 Å². The monoisotopic (exact) mass is 384 g/mol. The Morgan fingerprint density at radius 1 is 1.11 bits per heavy atom. The second kappa shape index (κ2) is 7.89. The van der Waals surface area contributed by atoms with Gasteiger partial charge in [0.1, 0.15) is 18.2 Å². The molecule has 0 radical (unpaired) electrons. The number of phenols is 1. The highest BCUT2D eigenvalue weighted by Gasteiger charge is 2.41. The number of likely N-dealkylation sites (tertiary alicyclic amines) is 1. The predicted molar refractivity (Wildman–Crippen MR) is 105 cm³/mol. The van der Waals surface area contributed by atoms with Crippen molar-refractivity contribution in [2.24, 2.45) is 0 Å². The quantitative estimate of drug-likeness (QED) is 0.882. The number of benzene rings is 2. The molecule has 6 heteroatoms. The molecule has 2 aromatic rings. The molecule has 1 unspecified atom stereocenters. The molecule has 2 aliphatic rings. The molecule has 2 aliphatic heterocycles. The van der Waals surface area contributed by atoms with Gasteiger partial charge in [0, 0.05) is 18.8 Å². The van der Waals surface area contributed by atoms with Crippen LogP contribution in [0.25, 0.3) is 0 Å². The highest BCUT2D eigenvalue weighted by atomic mass is 19.1. The summed E-state index contributed by atoms with van der Waals surface area (Å²) in [6.45, 7) is 3.14. The van der Waals surface area contributed by atoms with E-state index in [1.165, 1.54) is 12.1 Å². The summed E-state index contributed by atoms with van der Waals surface area (Å²) < 4.78 is 19.7. The van der Waals surface area contributed by atoms with Crippen LogP contribution in [0.5, 0.6) is 5.75 Å². The normalized spacial score (nSPS) is 23.8. The Morgan fingerprint density at radius 2 is 1.93 bits per heavy atom. The first kappa shape index (κ1) is 18.9. The molecule has 0 bridgehead atoms. The summed E-state index contributed by atoms with van der Waals surface area (Å²) in [6, 6.07) is 13.5. The molecular formula is C22H25FN2O3. The van der Waals surface area contributed by atoms with E-state index in [0.717, 1.165) is 44.5 Å². The van der Waals surface area contributed by atoms with Crippen LogP contribution in [0.15, 0.2) is 48.5 Å². The third-order valence-electron chi connectivity index (χ3n) is 5.70. The van der Waals surface area contributed by atoms with Gasteiger partial charge in [0.15, 0.2) is 0 Å². The number of nitrogens with zero attached hydrogens (tertiary/aromatic N) is 2. The lowest BCUT2D eigenvalue weighted by atomic mass is 9.92. The molecule has 148 valence electrons. The summed E-state index contributed by atoms with van der Waals surface area (Å²) in [5, 5.41) is 9.45. The molecule has 2 heterocycles. The van der Waals surface area contributed by atoms with Crippen molar-refractivity contribution in [1.29, 1.82) is 0 Å². The first-order valence-electron chi connectivity index (χ1n) is 9.73. The van der Waals surface area contributed by atoms with Gasteiger partial charge in [-0.25, -0.2) is 4.39 Å². The Kier molecular flexibility index (Phi) is 5.33. The van der Waals surface area contributed by atoms with Crippen molar-refractivity contribution in [3.8, 4) is 5.75 Å². The number of carbonyl (C=O) groups excluding carboxylic acids is 1. The molecule has 2 fully saturated rings. The number of rotatable bonds is 3. The number of morpholine rings is 1. The minimum atomic E-state index is -0.385. The van der Waals surface area contributed by atoms with Crippen LogP contribution in [-0.4, -0.2) is 47.8 Å². The second-order valence-corrected chi connectivity index (χ2v) is 7.73. The summed E-state index contributed by atoms with van der Waals surface area (Å²) in [5.41, 5.74) is 1.37. The fraction of sp³-hybridized carbons (Fsp3) is 0.409. The van der Waals surface area contributed by atoms with Gasteiger partial charge in [0.25, 0.3) is 5.91 Å². The number of hydrogen-bond acceptors (Lipinski definition) is 4. The average Bonchev–Trinajstić information content (AvgIpc) is 2.88. The van der Waals surface area contributed by atoms with Crippen LogP contribution in [0.4, 0.5) is 10.1 Å². The lowest BCUT2D eigenvalue weighted by molar-refractivity contribution is -0.140. The molecule has 1 amide bonds. The number of hydrogen-bond donors (Lipinski definition) is 1. The van der Waals surface area contributed by atoms with Crippen molar-refractivity contribution in [2.45, 2.75) is 31.4 Å². The summed E-state index contributed by atoms with van der Waals surface area (Å²) in [6.07, 6.45) is 2.67. The van der Waals surface area contributed by atoms with E-state index in [1.54, 1.807) is 29.2 Å². The van der Waals surface area contributed by atoms with Crippen LogP contribution in [0.2, 0.25) is 0 Å². The number of carbonyl (C=O) groups is 1. The molecule has 0 aliphatic carbocycles. The lowest BCUT2D eigenvalue weighted by Crippen LogP contribution is -2.55. The van der Waals surface area contributed by atoms with Crippen LogP contribution in [0.3, 0.4) is 0 Å². The molecule has 4 rings (SSSR count). The fourth-order valence-electron chi connectivity index (χ4n) is 4.14. The van der Waals surface area contributed by atoms with E-state index >= 15 is 0 Å². The third-order valence-corrected chi connectivity index (χ3v) is 5.70. The number of phenolic OH excluding ortho intramolecular Hbond substituents is 1. The fourth-order valence-corrected chi connectivity index (χ4v) is 4.14. The molecule has 0 aromatic heterocycles. The molecule has 2 aromatic carbocycles. The first-order chi connectivity index (χ1) is 13.5. The summed E-state index contributed by atoms with van der Waals surface area (Å²) >= 11 is 0. The Balaban J connectivity index is 1.44.